The summed E-state index contributed by atoms with van der Waals surface area (Å²) >= 11 is 0. The number of hydrogen-bond acceptors (Lipinski definition) is 4. The average molecular weight is 288 g/mol. The molecule has 0 radical (unpaired) electrons. The average Bonchev–Trinajstić information content (AvgIpc) is 3.05. The van der Waals surface area contributed by atoms with Crippen molar-refractivity contribution in [2.75, 3.05) is 26.2 Å². The number of amides is 2. The number of fused-ring (bicyclic) bond motifs is 1. The Morgan fingerprint density at radius 3 is 3.00 bits per heavy atom. The topological polar surface area (TPSA) is 71.8 Å². The number of cyclic esters (lactones) is 1. The quantitative estimate of drug-likeness (QED) is 0.933. The monoisotopic (exact) mass is 288 g/mol. The molecule has 2 amide bonds. The highest BCUT2D eigenvalue weighted by molar-refractivity contribution is 5.96. The Balaban J connectivity index is 1.60. The highest BCUT2D eigenvalue weighted by atomic mass is 16.6. The molecule has 1 aromatic carbocycles. The Kier molecular flexibility index (Phi) is 3.51. The number of hydrogen-bond donors (Lipinski definition) is 1. The first-order chi connectivity index (χ1) is 10.1. The zero-order chi connectivity index (χ0) is 14.8. The zero-order valence-corrected chi connectivity index (χ0v) is 11.7. The van der Waals surface area contributed by atoms with Crippen LogP contribution in [0, 0.1) is 6.92 Å². The van der Waals surface area contributed by atoms with Gasteiger partial charge in [0.05, 0.1) is 6.54 Å². The Hall–Kier alpha value is -2.50. The largest absolute Gasteiger partial charge is 0.451 e. The van der Waals surface area contributed by atoms with Gasteiger partial charge in [-0.05, 0) is 25.1 Å². The fourth-order valence-electron chi connectivity index (χ4n) is 2.29. The van der Waals surface area contributed by atoms with E-state index in [9.17, 15) is 9.59 Å². The lowest BCUT2D eigenvalue weighted by molar-refractivity contribution is 0.0923. The lowest BCUT2D eigenvalue weighted by Gasteiger charge is -2.12. The Bertz CT molecular complexity index is 692. The molecule has 1 aliphatic rings. The molecule has 1 fully saturated rings. The van der Waals surface area contributed by atoms with Gasteiger partial charge in [0, 0.05) is 18.5 Å². The second-order valence-corrected chi connectivity index (χ2v) is 5.01. The van der Waals surface area contributed by atoms with Gasteiger partial charge in [0.2, 0.25) is 0 Å². The maximum Gasteiger partial charge on any atom is 0.409 e. The first kappa shape index (κ1) is 13.5. The molecule has 1 saturated heterocycles. The number of carbonyl (C=O) groups is 2. The van der Waals surface area contributed by atoms with Gasteiger partial charge in [0.15, 0.2) is 5.76 Å². The number of aryl methyl sites for hydroxylation is 1. The SMILES string of the molecule is Cc1ccc2oc(C(=O)NCCN3CCOC3=O)cc2c1. The van der Waals surface area contributed by atoms with Crippen molar-refractivity contribution in [3.8, 4) is 0 Å². The molecule has 2 aromatic rings. The lowest BCUT2D eigenvalue weighted by Crippen LogP contribution is -2.35. The zero-order valence-electron chi connectivity index (χ0n) is 11.7. The van der Waals surface area contributed by atoms with Gasteiger partial charge in [-0.3, -0.25) is 4.79 Å². The molecule has 2 heterocycles. The van der Waals surface area contributed by atoms with Crippen molar-refractivity contribution >= 4 is 23.0 Å². The number of nitrogens with one attached hydrogen (secondary N) is 1. The lowest BCUT2D eigenvalue weighted by atomic mass is 10.2. The van der Waals surface area contributed by atoms with Crippen LogP contribution in [0.3, 0.4) is 0 Å². The van der Waals surface area contributed by atoms with E-state index in [0.29, 0.717) is 31.8 Å². The van der Waals surface area contributed by atoms with Crippen LogP contribution in [0.5, 0.6) is 0 Å². The van der Waals surface area contributed by atoms with Crippen molar-refractivity contribution in [1.82, 2.24) is 10.2 Å². The predicted molar refractivity (Wildman–Crippen MR) is 76.2 cm³/mol. The summed E-state index contributed by atoms with van der Waals surface area (Å²) in [5, 5.41) is 3.65. The van der Waals surface area contributed by atoms with E-state index in [0.717, 1.165) is 10.9 Å². The van der Waals surface area contributed by atoms with Crippen LogP contribution >= 0.6 is 0 Å². The van der Waals surface area contributed by atoms with Crippen LogP contribution in [-0.4, -0.2) is 43.1 Å². The molecule has 110 valence electrons. The van der Waals surface area contributed by atoms with Gasteiger partial charge in [-0.2, -0.15) is 0 Å². The summed E-state index contributed by atoms with van der Waals surface area (Å²) in [4.78, 5) is 24.8. The smallest absolute Gasteiger partial charge is 0.409 e. The van der Waals surface area contributed by atoms with Crippen molar-refractivity contribution in [3.63, 3.8) is 0 Å². The molecule has 1 N–H and O–H groups in total. The van der Waals surface area contributed by atoms with Crippen LogP contribution < -0.4 is 5.32 Å². The van der Waals surface area contributed by atoms with Crippen LogP contribution in [0.4, 0.5) is 4.79 Å². The molecule has 6 heteroatoms. The molecule has 0 atom stereocenters. The molecule has 3 rings (SSSR count). The second kappa shape index (κ2) is 5.47. The minimum absolute atomic E-state index is 0.277. The number of ether oxygens (including phenoxy) is 1. The van der Waals surface area contributed by atoms with E-state index >= 15 is 0 Å². The van der Waals surface area contributed by atoms with E-state index in [4.69, 9.17) is 9.15 Å². The standard InChI is InChI=1S/C15H16N2O4/c1-10-2-3-12-11(8-10)9-13(21-12)14(18)16-4-5-17-6-7-20-15(17)19/h2-3,8-9H,4-7H2,1H3,(H,16,18). The first-order valence-corrected chi connectivity index (χ1v) is 6.83. The van der Waals surface area contributed by atoms with Gasteiger partial charge in [0.25, 0.3) is 5.91 Å². The van der Waals surface area contributed by atoms with Crippen molar-refractivity contribution in [2.45, 2.75) is 6.92 Å². The molecule has 0 saturated carbocycles. The van der Waals surface area contributed by atoms with Gasteiger partial charge in [-0.1, -0.05) is 11.6 Å². The summed E-state index contributed by atoms with van der Waals surface area (Å²) < 4.78 is 10.3. The van der Waals surface area contributed by atoms with Gasteiger partial charge < -0.3 is 19.4 Å². The summed E-state index contributed by atoms with van der Waals surface area (Å²) in [6.45, 7) is 3.77. The number of nitrogens with zero attached hydrogens (tertiary/aromatic N) is 1. The Labute approximate surface area is 121 Å². The molecular weight excluding hydrogens is 272 g/mol. The van der Waals surface area contributed by atoms with Crippen LogP contribution in [0.2, 0.25) is 0 Å². The fraction of sp³-hybridized carbons (Fsp3) is 0.333. The highest BCUT2D eigenvalue weighted by Crippen LogP contribution is 2.20. The number of furan rings is 1. The molecule has 21 heavy (non-hydrogen) atoms. The predicted octanol–water partition coefficient (Wildman–Crippen LogP) is 1.92. The van der Waals surface area contributed by atoms with E-state index in [1.807, 2.05) is 25.1 Å². The normalized spacial score (nSPS) is 14.5. The maximum absolute atomic E-state index is 12.0. The van der Waals surface area contributed by atoms with E-state index in [2.05, 4.69) is 5.32 Å². The number of carbonyl (C=O) groups excluding carboxylic acids is 2. The minimum Gasteiger partial charge on any atom is -0.451 e. The molecule has 0 aliphatic carbocycles. The third kappa shape index (κ3) is 2.84. The summed E-state index contributed by atoms with van der Waals surface area (Å²) in [6, 6.07) is 7.48. The molecule has 0 unspecified atom stereocenters. The summed E-state index contributed by atoms with van der Waals surface area (Å²) in [5.74, 6) is -0.00369. The summed E-state index contributed by atoms with van der Waals surface area (Å²) in [6.07, 6.45) is -0.330. The molecule has 1 aromatic heterocycles. The Morgan fingerprint density at radius 2 is 2.24 bits per heavy atom. The second-order valence-electron chi connectivity index (χ2n) is 5.01. The summed E-state index contributed by atoms with van der Waals surface area (Å²) in [5.41, 5.74) is 1.80. The first-order valence-electron chi connectivity index (χ1n) is 6.83. The molecule has 0 spiro atoms. The van der Waals surface area contributed by atoms with E-state index in [1.54, 1.807) is 11.0 Å². The number of benzene rings is 1. The third-order valence-corrected chi connectivity index (χ3v) is 3.41. The van der Waals surface area contributed by atoms with E-state index in [-0.39, 0.29) is 17.8 Å². The molecular formula is C15H16N2O4. The number of rotatable bonds is 4. The van der Waals surface area contributed by atoms with Crippen LogP contribution in [0.1, 0.15) is 16.1 Å². The van der Waals surface area contributed by atoms with Gasteiger partial charge in [-0.15, -0.1) is 0 Å². The molecule has 1 aliphatic heterocycles. The Morgan fingerprint density at radius 1 is 1.38 bits per heavy atom. The van der Waals surface area contributed by atoms with Crippen molar-refractivity contribution in [2.24, 2.45) is 0 Å². The molecule has 6 nitrogen and oxygen atoms in total. The van der Waals surface area contributed by atoms with Gasteiger partial charge >= 0.3 is 6.09 Å². The fourth-order valence-corrected chi connectivity index (χ4v) is 2.29. The third-order valence-electron chi connectivity index (χ3n) is 3.41. The molecule has 0 bridgehead atoms. The van der Waals surface area contributed by atoms with Crippen LogP contribution in [0.25, 0.3) is 11.0 Å². The van der Waals surface area contributed by atoms with E-state index in [1.165, 1.54) is 0 Å². The van der Waals surface area contributed by atoms with Gasteiger partial charge in [0.1, 0.15) is 12.2 Å². The van der Waals surface area contributed by atoms with Crippen LogP contribution in [-0.2, 0) is 4.74 Å². The highest BCUT2D eigenvalue weighted by Gasteiger charge is 2.21. The van der Waals surface area contributed by atoms with Crippen molar-refractivity contribution in [3.05, 3.63) is 35.6 Å². The van der Waals surface area contributed by atoms with Crippen LogP contribution in [0.15, 0.2) is 28.7 Å². The van der Waals surface area contributed by atoms with Crippen molar-refractivity contribution in [1.29, 1.82) is 0 Å². The van der Waals surface area contributed by atoms with E-state index < -0.39 is 0 Å². The summed E-state index contributed by atoms with van der Waals surface area (Å²) in [7, 11) is 0. The minimum atomic E-state index is -0.330. The van der Waals surface area contributed by atoms with Crippen molar-refractivity contribution < 1.29 is 18.7 Å². The van der Waals surface area contributed by atoms with Gasteiger partial charge in [-0.25, -0.2) is 4.79 Å². The maximum atomic E-state index is 12.0.